The summed E-state index contributed by atoms with van der Waals surface area (Å²) in [6.07, 6.45) is 0.431. The molecule has 1 heterocycles. The van der Waals surface area contributed by atoms with Crippen molar-refractivity contribution in [2.45, 2.75) is 32.4 Å². The van der Waals surface area contributed by atoms with Crippen molar-refractivity contribution < 1.29 is 14.3 Å². The molecule has 0 fully saturated rings. The first-order valence-electron chi connectivity index (χ1n) is 10.3. The molecule has 0 spiro atoms. The van der Waals surface area contributed by atoms with Crippen molar-refractivity contribution in [3.05, 3.63) is 95.1 Å². The molecule has 0 radical (unpaired) electrons. The van der Waals surface area contributed by atoms with Crippen molar-refractivity contribution in [2.75, 3.05) is 12.0 Å². The van der Waals surface area contributed by atoms with Crippen LogP contribution in [0.3, 0.4) is 0 Å². The van der Waals surface area contributed by atoms with E-state index in [0.717, 1.165) is 22.4 Å². The van der Waals surface area contributed by atoms with Gasteiger partial charge in [0.15, 0.2) is 0 Å². The van der Waals surface area contributed by atoms with E-state index in [-0.39, 0.29) is 11.8 Å². The Morgan fingerprint density at radius 2 is 1.81 bits per heavy atom. The lowest BCUT2D eigenvalue weighted by Crippen LogP contribution is -2.63. The molecule has 0 saturated heterocycles. The normalized spacial score (nSPS) is 17.8. The van der Waals surface area contributed by atoms with E-state index in [4.69, 9.17) is 4.74 Å². The van der Waals surface area contributed by atoms with Crippen LogP contribution in [0, 0.1) is 6.92 Å². The third-order valence-electron chi connectivity index (χ3n) is 5.86. The second kappa shape index (κ2) is 8.26. The number of carbonyl (C=O) groups excluding carboxylic acids is 2. The number of benzene rings is 3. The van der Waals surface area contributed by atoms with Gasteiger partial charge in [-0.15, -0.1) is 0 Å². The SMILES string of the molecule is COc1ccccc1CNC(=O)C1(C)Cc2ccccc2C(=O)N1c1cccc(C)c1. The summed E-state index contributed by atoms with van der Waals surface area (Å²) in [6.45, 7) is 4.13. The summed E-state index contributed by atoms with van der Waals surface area (Å²) in [7, 11) is 1.61. The summed E-state index contributed by atoms with van der Waals surface area (Å²) in [5.41, 5.74) is 3.08. The standard InChI is InChI=1S/C26H26N2O3/c1-18-9-8-12-21(15-18)28-24(29)22-13-6-4-10-19(22)16-26(28,2)25(30)27-17-20-11-5-7-14-23(20)31-3/h4-15H,16-17H2,1-3H3,(H,27,30). The first-order chi connectivity index (χ1) is 14.9. The molecule has 5 nitrogen and oxygen atoms in total. The number of nitrogens with one attached hydrogen (secondary N) is 1. The largest absolute Gasteiger partial charge is 0.496 e. The maximum Gasteiger partial charge on any atom is 0.259 e. The molecule has 3 aromatic rings. The zero-order valence-electron chi connectivity index (χ0n) is 18.0. The highest BCUT2D eigenvalue weighted by Gasteiger charge is 2.47. The van der Waals surface area contributed by atoms with Crippen molar-refractivity contribution in [1.82, 2.24) is 5.32 Å². The minimum atomic E-state index is -1.07. The highest BCUT2D eigenvalue weighted by Crippen LogP contribution is 2.36. The molecule has 1 aliphatic heterocycles. The Balaban J connectivity index is 1.71. The minimum Gasteiger partial charge on any atom is -0.496 e. The molecule has 3 aromatic carbocycles. The molecule has 31 heavy (non-hydrogen) atoms. The first-order valence-corrected chi connectivity index (χ1v) is 10.3. The van der Waals surface area contributed by atoms with Gasteiger partial charge in [0.05, 0.1) is 7.11 Å². The van der Waals surface area contributed by atoms with Crippen LogP contribution in [0.15, 0.2) is 72.8 Å². The zero-order valence-corrected chi connectivity index (χ0v) is 18.0. The molecular weight excluding hydrogens is 388 g/mol. The third-order valence-corrected chi connectivity index (χ3v) is 5.86. The molecular formula is C26H26N2O3. The van der Waals surface area contributed by atoms with E-state index in [1.54, 1.807) is 12.0 Å². The van der Waals surface area contributed by atoms with Crippen LogP contribution in [-0.4, -0.2) is 24.5 Å². The van der Waals surface area contributed by atoms with Gasteiger partial charge in [-0.05, 0) is 49.2 Å². The van der Waals surface area contributed by atoms with Crippen LogP contribution in [0.5, 0.6) is 5.75 Å². The summed E-state index contributed by atoms with van der Waals surface area (Å²) >= 11 is 0. The second-order valence-corrected chi connectivity index (χ2v) is 8.08. The fraction of sp³-hybridized carbons (Fsp3) is 0.231. The van der Waals surface area contributed by atoms with Crippen LogP contribution in [-0.2, 0) is 17.8 Å². The molecule has 1 N–H and O–H groups in total. The lowest BCUT2D eigenvalue weighted by Gasteiger charge is -2.44. The number of nitrogens with zero attached hydrogens (tertiary/aromatic N) is 1. The van der Waals surface area contributed by atoms with E-state index >= 15 is 0 Å². The number of hydrogen-bond donors (Lipinski definition) is 1. The number of aryl methyl sites for hydroxylation is 1. The van der Waals surface area contributed by atoms with Gasteiger partial charge in [0.2, 0.25) is 5.91 Å². The predicted molar refractivity (Wildman–Crippen MR) is 121 cm³/mol. The van der Waals surface area contributed by atoms with E-state index < -0.39 is 5.54 Å². The topological polar surface area (TPSA) is 58.6 Å². The van der Waals surface area contributed by atoms with E-state index in [2.05, 4.69) is 5.32 Å². The van der Waals surface area contributed by atoms with Crippen molar-refractivity contribution in [3.63, 3.8) is 0 Å². The summed E-state index contributed by atoms with van der Waals surface area (Å²) in [5.74, 6) is 0.346. The fourth-order valence-electron chi connectivity index (χ4n) is 4.24. The zero-order chi connectivity index (χ0) is 22.0. The monoisotopic (exact) mass is 414 g/mol. The average molecular weight is 415 g/mol. The van der Waals surface area contributed by atoms with Crippen molar-refractivity contribution in [2.24, 2.45) is 0 Å². The summed E-state index contributed by atoms with van der Waals surface area (Å²) < 4.78 is 5.40. The highest BCUT2D eigenvalue weighted by molar-refractivity contribution is 6.14. The van der Waals surface area contributed by atoms with Gasteiger partial charge in [-0.1, -0.05) is 48.5 Å². The Bertz CT molecular complexity index is 1140. The maximum absolute atomic E-state index is 13.6. The number of hydrogen-bond acceptors (Lipinski definition) is 3. The second-order valence-electron chi connectivity index (χ2n) is 8.08. The summed E-state index contributed by atoms with van der Waals surface area (Å²) in [5, 5.41) is 3.04. The van der Waals surface area contributed by atoms with Gasteiger partial charge in [-0.25, -0.2) is 0 Å². The Kier molecular flexibility index (Phi) is 5.51. The van der Waals surface area contributed by atoms with Gasteiger partial charge in [0, 0.05) is 29.8 Å². The van der Waals surface area contributed by atoms with Gasteiger partial charge in [-0.2, -0.15) is 0 Å². The third kappa shape index (κ3) is 3.79. The number of ether oxygens (including phenoxy) is 1. The molecule has 0 aliphatic carbocycles. The Hall–Kier alpha value is -3.60. The number of anilines is 1. The molecule has 4 rings (SSSR count). The van der Waals surface area contributed by atoms with Gasteiger partial charge in [0.1, 0.15) is 11.3 Å². The van der Waals surface area contributed by atoms with Crippen LogP contribution in [0.4, 0.5) is 5.69 Å². The number of carbonyl (C=O) groups is 2. The number of methoxy groups -OCH3 is 1. The van der Waals surface area contributed by atoms with Crippen LogP contribution < -0.4 is 15.0 Å². The van der Waals surface area contributed by atoms with Crippen molar-refractivity contribution in [3.8, 4) is 5.75 Å². The fourth-order valence-corrected chi connectivity index (χ4v) is 4.24. The molecule has 1 unspecified atom stereocenters. The van der Waals surface area contributed by atoms with E-state index in [0.29, 0.717) is 24.3 Å². The Morgan fingerprint density at radius 1 is 1.06 bits per heavy atom. The molecule has 2 amide bonds. The first kappa shape index (κ1) is 20.7. The molecule has 5 heteroatoms. The van der Waals surface area contributed by atoms with Crippen LogP contribution >= 0.6 is 0 Å². The number of para-hydroxylation sites is 1. The molecule has 0 aromatic heterocycles. The summed E-state index contributed by atoms with van der Waals surface area (Å²) in [4.78, 5) is 28.8. The molecule has 1 atom stereocenters. The van der Waals surface area contributed by atoms with Gasteiger partial charge < -0.3 is 10.1 Å². The van der Waals surface area contributed by atoms with Gasteiger partial charge >= 0.3 is 0 Å². The Labute approximate surface area is 182 Å². The van der Waals surface area contributed by atoms with E-state index in [1.807, 2.05) is 86.6 Å². The highest BCUT2D eigenvalue weighted by atomic mass is 16.5. The predicted octanol–water partition coefficient (Wildman–Crippen LogP) is 4.28. The molecule has 0 bridgehead atoms. The van der Waals surface area contributed by atoms with Crippen LogP contribution in [0.25, 0.3) is 0 Å². The van der Waals surface area contributed by atoms with E-state index in [9.17, 15) is 9.59 Å². The lowest BCUT2D eigenvalue weighted by molar-refractivity contribution is -0.126. The number of fused-ring (bicyclic) bond motifs is 1. The number of amides is 2. The summed E-state index contributed by atoms with van der Waals surface area (Å²) in [6, 6.07) is 22.8. The molecule has 158 valence electrons. The molecule has 0 saturated carbocycles. The van der Waals surface area contributed by atoms with Crippen molar-refractivity contribution >= 4 is 17.5 Å². The smallest absolute Gasteiger partial charge is 0.259 e. The molecule has 1 aliphatic rings. The number of rotatable bonds is 5. The quantitative estimate of drug-likeness (QED) is 0.678. The van der Waals surface area contributed by atoms with E-state index in [1.165, 1.54) is 0 Å². The maximum atomic E-state index is 13.6. The average Bonchev–Trinajstić information content (AvgIpc) is 2.77. The van der Waals surface area contributed by atoms with Crippen LogP contribution in [0.1, 0.15) is 34.0 Å². The van der Waals surface area contributed by atoms with Crippen LogP contribution in [0.2, 0.25) is 0 Å². The van der Waals surface area contributed by atoms with Crippen molar-refractivity contribution in [1.29, 1.82) is 0 Å². The minimum absolute atomic E-state index is 0.164. The van der Waals surface area contributed by atoms with Gasteiger partial charge in [0.25, 0.3) is 5.91 Å². The van der Waals surface area contributed by atoms with Gasteiger partial charge in [-0.3, -0.25) is 14.5 Å². The lowest BCUT2D eigenvalue weighted by atomic mass is 9.82. The Morgan fingerprint density at radius 3 is 2.58 bits per heavy atom.